The van der Waals surface area contributed by atoms with E-state index in [0.717, 1.165) is 21.4 Å². The third kappa shape index (κ3) is 4.46. The number of amides is 1. The molecule has 8 heteroatoms. The Labute approximate surface area is 176 Å². The summed E-state index contributed by atoms with van der Waals surface area (Å²) in [7, 11) is 0. The van der Waals surface area contributed by atoms with Gasteiger partial charge in [0, 0.05) is 16.6 Å². The van der Waals surface area contributed by atoms with E-state index < -0.39 is 5.97 Å². The Morgan fingerprint density at radius 3 is 2.72 bits per heavy atom. The van der Waals surface area contributed by atoms with E-state index >= 15 is 0 Å². The third-order valence-electron chi connectivity index (χ3n) is 4.40. The number of benzene rings is 2. The second-order valence-corrected chi connectivity index (χ2v) is 7.83. The molecule has 1 aliphatic rings. The summed E-state index contributed by atoms with van der Waals surface area (Å²) in [6.45, 7) is 1.14. The van der Waals surface area contributed by atoms with Gasteiger partial charge in [-0.3, -0.25) is 4.79 Å². The van der Waals surface area contributed by atoms with Gasteiger partial charge in [-0.25, -0.2) is 4.79 Å². The first kappa shape index (κ1) is 19.5. The SMILES string of the molecule is O=C(COC(=O)c1sc2ccccc2c1Cl)NCCc1ccc2c(c1)OCCO2. The largest absolute Gasteiger partial charge is 0.486 e. The van der Waals surface area contributed by atoms with E-state index in [9.17, 15) is 9.59 Å². The zero-order valence-electron chi connectivity index (χ0n) is 15.4. The number of carbonyl (C=O) groups excluding carboxylic acids is 2. The number of halogens is 1. The fourth-order valence-corrected chi connectivity index (χ4v) is 4.38. The van der Waals surface area contributed by atoms with Crippen molar-refractivity contribution >= 4 is 44.9 Å². The maximum atomic E-state index is 12.3. The number of ether oxygens (including phenoxy) is 3. The molecule has 0 unspecified atom stereocenters. The lowest BCUT2D eigenvalue weighted by atomic mass is 10.1. The fourth-order valence-electron chi connectivity index (χ4n) is 2.98. The van der Waals surface area contributed by atoms with Crippen LogP contribution in [-0.4, -0.2) is 38.2 Å². The molecule has 1 N–H and O–H groups in total. The van der Waals surface area contributed by atoms with Crippen LogP contribution in [-0.2, 0) is 16.0 Å². The molecule has 0 atom stereocenters. The van der Waals surface area contributed by atoms with Crippen LogP contribution >= 0.6 is 22.9 Å². The predicted octanol–water partition coefficient (Wildman–Crippen LogP) is 3.84. The lowest BCUT2D eigenvalue weighted by Gasteiger charge is -2.18. The van der Waals surface area contributed by atoms with Gasteiger partial charge in [0.05, 0.1) is 5.02 Å². The lowest BCUT2D eigenvalue weighted by Crippen LogP contribution is -2.30. The highest BCUT2D eigenvalue weighted by molar-refractivity contribution is 7.21. The van der Waals surface area contributed by atoms with E-state index in [1.54, 1.807) is 0 Å². The summed E-state index contributed by atoms with van der Waals surface area (Å²) < 4.78 is 17.1. The lowest BCUT2D eigenvalue weighted by molar-refractivity contribution is -0.124. The van der Waals surface area contributed by atoms with Crippen molar-refractivity contribution in [3.63, 3.8) is 0 Å². The second-order valence-electron chi connectivity index (χ2n) is 6.40. The van der Waals surface area contributed by atoms with E-state index in [1.165, 1.54) is 11.3 Å². The van der Waals surface area contributed by atoms with Crippen molar-refractivity contribution in [2.24, 2.45) is 0 Å². The fraction of sp³-hybridized carbons (Fsp3) is 0.238. The van der Waals surface area contributed by atoms with Gasteiger partial charge in [0.1, 0.15) is 18.1 Å². The molecule has 4 rings (SSSR count). The summed E-state index contributed by atoms with van der Waals surface area (Å²) in [6.07, 6.45) is 0.623. The molecule has 1 aliphatic heterocycles. The smallest absolute Gasteiger partial charge is 0.350 e. The standard InChI is InChI=1S/C21H18ClNO5S/c22-19-14-3-1-2-4-17(14)29-20(19)21(25)28-12-18(24)23-8-7-13-5-6-15-16(11-13)27-10-9-26-15/h1-6,11H,7-10,12H2,(H,23,24). The highest BCUT2D eigenvalue weighted by atomic mass is 35.5. The van der Waals surface area contributed by atoms with Gasteiger partial charge >= 0.3 is 5.97 Å². The van der Waals surface area contributed by atoms with Crippen LogP contribution in [0.5, 0.6) is 11.5 Å². The zero-order valence-corrected chi connectivity index (χ0v) is 17.0. The van der Waals surface area contributed by atoms with E-state index in [4.69, 9.17) is 25.8 Å². The number of esters is 1. The molecule has 0 saturated heterocycles. The molecule has 0 bridgehead atoms. The zero-order chi connectivity index (χ0) is 20.2. The molecule has 150 valence electrons. The van der Waals surface area contributed by atoms with Gasteiger partial charge in [-0.15, -0.1) is 11.3 Å². The van der Waals surface area contributed by atoms with Crippen LogP contribution in [0.25, 0.3) is 10.1 Å². The van der Waals surface area contributed by atoms with E-state index in [1.807, 2.05) is 42.5 Å². The molecular weight excluding hydrogens is 414 g/mol. The average molecular weight is 432 g/mol. The maximum absolute atomic E-state index is 12.3. The number of hydrogen-bond donors (Lipinski definition) is 1. The Morgan fingerprint density at radius 1 is 1.10 bits per heavy atom. The molecule has 2 heterocycles. The minimum atomic E-state index is -0.599. The quantitative estimate of drug-likeness (QED) is 0.600. The Morgan fingerprint density at radius 2 is 1.90 bits per heavy atom. The van der Waals surface area contributed by atoms with Crippen molar-refractivity contribution in [3.05, 3.63) is 57.9 Å². The van der Waals surface area contributed by atoms with Crippen molar-refractivity contribution < 1.29 is 23.8 Å². The Bertz CT molecular complexity index is 1060. The molecule has 0 saturated carbocycles. The molecular formula is C21H18ClNO5S. The van der Waals surface area contributed by atoms with Crippen molar-refractivity contribution in [1.29, 1.82) is 0 Å². The van der Waals surface area contributed by atoms with Crippen LogP contribution in [0.15, 0.2) is 42.5 Å². The van der Waals surface area contributed by atoms with Gasteiger partial charge in [0.15, 0.2) is 18.1 Å². The number of hydrogen-bond acceptors (Lipinski definition) is 6. The third-order valence-corrected chi connectivity index (χ3v) is 6.05. The van der Waals surface area contributed by atoms with Crippen LogP contribution in [0, 0.1) is 0 Å². The number of fused-ring (bicyclic) bond motifs is 2. The maximum Gasteiger partial charge on any atom is 0.350 e. The minimum Gasteiger partial charge on any atom is -0.486 e. The van der Waals surface area contributed by atoms with Gasteiger partial charge in [-0.1, -0.05) is 35.9 Å². The van der Waals surface area contributed by atoms with Crippen LogP contribution < -0.4 is 14.8 Å². The molecule has 1 amide bonds. The molecule has 1 aromatic heterocycles. The molecule has 3 aromatic rings. The summed E-state index contributed by atoms with van der Waals surface area (Å²) >= 11 is 7.51. The minimum absolute atomic E-state index is 0.303. The Kier molecular flexibility index (Phi) is 5.87. The van der Waals surface area contributed by atoms with Gasteiger partial charge < -0.3 is 19.5 Å². The average Bonchev–Trinajstić information content (AvgIpc) is 3.09. The number of thiophene rings is 1. The summed E-state index contributed by atoms with van der Waals surface area (Å²) in [6, 6.07) is 13.2. The highest BCUT2D eigenvalue weighted by Gasteiger charge is 2.19. The predicted molar refractivity (Wildman–Crippen MR) is 111 cm³/mol. The first-order chi connectivity index (χ1) is 14.1. The molecule has 29 heavy (non-hydrogen) atoms. The highest BCUT2D eigenvalue weighted by Crippen LogP contribution is 2.35. The topological polar surface area (TPSA) is 73.9 Å². The van der Waals surface area contributed by atoms with Crippen LogP contribution in [0.2, 0.25) is 5.02 Å². The summed E-state index contributed by atoms with van der Waals surface area (Å²) in [4.78, 5) is 24.6. The van der Waals surface area contributed by atoms with Crippen molar-refractivity contribution in [1.82, 2.24) is 5.32 Å². The Balaban J connectivity index is 1.25. The van der Waals surface area contributed by atoms with Gasteiger partial charge in [-0.05, 0) is 30.2 Å². The van der Waals surface area contributed by atoms with Crippen molar-refractivity contribution in [3.8, 4) is 11.5 Å². The van der Waals surface area contributed by atoms with Crippen LogP contribution in [0.3, 0.4) is 0 Å². The molecule has 2 aromatic carbocycles. The van der Waals surface area contributed by atoms with Crippen LogP contribution in [0.4, 0.5) is 0 Å². The number of carbonyl (C=O) groups is 2. The second kappa shape index (κ2) is 8.71. The first-order valence-electron chi connectivity index (χ1n) is 9.11. The number of rotatable bonds is 6. The van der Waals surface area contributed by atoms with Crippen molar-refractivity contribution in [2.45, 2.75) is 6.42 Å². The van der Waals surface area contributed by atoms with Crippen LogP contribution in [0.1, 0.15) is 15.2 Å². The molecule has 0 aliphatic carbocycles. The van der Waals surface area contributed by atoms with E-state index in [-0.39, 0.29) is 12.5 Å². The van der Waals surface area contributed by atoms with Gasteiger partial charge in [0.2, 0.25) is 0 Å². The van der Waals surface area contributed by atoms with Gasteiger partial charge in [0.25, 0.3) is 5.91 Å². The van der Waals surface area contributed by atoms with E-state index in [0.29, 0.717) is 41.8 Å². The summed E-state index contributed by atoms with van der Waals surface area (Å²) in [5, 5.41) is 3.90. The normalized spacial score (nSPS) is 12.6. The summed E-state index contributed by atoms with van der Waals surface area (Å²) in [5.74, 6) is 0.483. The monoisotopic (exact) mass is 431 g/mol. The molecule has 0 fully saturated rings. The molecule has 0 spiro atoms. The Hall–Kier alpha value is -2.77. The number of nitrogens with one attached hydrogen (secondary N) is 1. The van der Waals surface area contributed by atoms with E-state index in [2.05, 4.69) is 5.32 Å². The molecule has 0 radical (unpaired) electrons. The van der Waals surface area contributed by atoms with Crippen molar-refractivity contribution in [2.75, 3.05) is 26.4 Å². The molecule has 6 nitrogen and oxygen atoms in total. The van der Waals surface area contributed by atoms with Gasteiger partial charge in [-0.2, -0.15) is 0 Å². The first-order valence-corrected chi connectivity index (χ1v) is 10.3. The summed E-state index contributed by atoms with van der Waals surface area (Å²) in [5.41, 5.74) is 1.02.